The van der Waals surface area contributed by atoms with Crippen LogP contribution in [0.15, 0.2) is 18.5 Å². The van der Waals surface area contributed by atoms with Gasteiger partial charge in [0, 0.05) is 24.2 Å². The van der Waals surface area contributed by atoms with Gasteiger partial charge in [-0.2, -0.15) is 10.2 Å². The summed E-state index contributed by atoms with van der Waals surface area (Å²) in [6.45, 7) is 2.95. The summed E-state index contributed by atoms with van der Waals surface area (Å²) in [6, 6.07) is 1.93. The molecule has 0 radical (unpaired) electrons. The molecule has 0 amide bonds. The third-order valence-electron chi connectivity index (χ3n) is 2.94. The second-order valence-electron chi connectivity index (χ2n) is 4.48. The van der Waals surface area contributed by atoms with Crippen LogP contribution >= 0.6 is 0 Å². The highest BCUT2D eigenvalue weighted by molar-refractivity contribution is 5.06. The van der Waals surface area contributed by atoms with Gasteiger partial charge in [-0.05, 0) is 18.9 Å². The lowest BCUT2D eigenvalue weighted by Gasteiger charge is -2.06. The summed E-state index contributed by atoms with van der Waals surface area (Å²) in [5.74, 6) is 2.89. The number of nitrogens with one attached hydrogen (secondary N) is 1. The van der Waals surface area contributed by atoms with E-state index in [0.29, 0.717) is 11.8 Å². The molecule has 0 unspecified atom stereocenters. The van der Waals surface area contributed by atoms with Crippen molar-refractivity contribution in [3.05, 3.63) is 30.1 Å². The van der Waals surface area contributed by atoms with E-state index in [1.54, 1.807) is 6.20 Å². The molecule has 1 N–H and O–H groups in total. The third-order valence-corrected chi connectivity index (χ3v) is 2.94. The van der Waals surface area contributed by atoms with E-state index in [1.807, 2.05) is 16.9 Å². The molecule has 84 valence electrons. The lowest BCUT2D eigenvalue weighted by molar-refractivity contribution is 0.525. The van der Waals surface area contributed by atoms with Gasteiger partial charge in [0.05, 0.1) is 6.54 Å². The van der Waals surface area contributed by atoms with Crippen molar-refractivity contribution in [3.8, 4) is 0 Å². The standard InChI is InChI=1S/C11H15N5/c1-8(7-16-6-2-5-12-16)10-13-11(15-14-10)9-3-4-9/h2,5-6,8-9H,3-4,7H2,1H3,(H,13,14,15)/t8-/m1/s1. The van der Waals surface area contributed by atoms with Crippen LogP contribution in [0.1, 0.15) is 43.3 Å². The molecule has 1 fully saturated rings. The molecular formula is C11H15N5. The molecule has 0 bridgehead atoms. The summed E-state index contributed by atoms with van der Waals surface area (Å²) in [5, 5.41) is 11.5. The zero-order chi connectivity index (χ0) is 11.0. The first-order chi connectivity index (χ1) is 7.83. The fourth-order valence-electron chi connectivity index (χ4n) is 1.82. The van der Waals surface area contributed by atoms with Crippen LogP contribution in [0.2, 0.25) is 0 Å². The third kappa shape index (κ3) is 1.85. The zero-order valence-corrected chi connectivity index (χ0v) is 9.30. The van der Waals surface area contributed by atoms with Crippen LogP contribution in [-0.4, -0.2) is 25.0 Å². The molecule has 1 aliphatic rings. The molecule has 2 aromatic rings. The van der Waals surface area contributed by atoms with Gasteiger partial charge in [0.25, 0.3) is 0 Å². The maximum Gasteiger partial charge on any atom is 0.155 e. The van der Waals surface area contributed by atoms with Gasteiger partial charge in [0.15, 0.2) is 5.82 Å². The molecule has 5 nitrogen and oxygen atoms in total. The van der Waals surface area contributed by atoms with Crippen LogP contribution < -0.4 is 0 Å². The molecule has 0 spiro atoms. The van der Waals surface area contributed by atoms with Crippen molar-refractivity contribution in [2.45, 2.75) is 38.1 Å². The first-order valence-corrected chi connectivity index (χ1v) is 5.72. The van der Waals surface area contributed by atoms with Gasteiger partial charge in [-0.3, -0.25) is 9.78 Å². The first-order valence-electron chi connectivity index (χ1n) is 5.72. The molecule has 16 heavy (non-hydrogen) atoms. The molecule has 2 heterocycles. The molecule has 0 saturated heterocycles. The second-order valence-corrected chi connectivity index (χ2v) is 4.48. The molecule has 2 aromatic heterocycles. The van der Waals surface area contributed by atoms with E-state index in [1.165, 1.54) is 12.8 Å². The molecular weight excluding hydrogens is 202 g/mol. The van der Waals surface area contributed by atoms with Crippen molar-refractivity contribution in [2.24, 2.45) is 0 Å². The second kappa shape index (κ2) is 3.73. The fourth-order valence-corrected chi connectivity index (χ4v) is 1.82. The van der Waals surface area contributed by atoms with Crippen LogP contribution in [-0.2, 0) is 6.54 Å². The SMILES string of the molecule is C[C@H](Cn1cccn1)c1n[nH]c(C2CC2)n1. The number of H-pyrrole nitrogens is 1. The van der Waals surface area contributed by atoms with E-state index in [4.69, 9.17) is 0 Å². The fraction of sp³-hybridized carbons (Fsp3) is 0.545. The van der Waals surface area contributed by atoms with Crippen molar-refractivity contribution in [1.29, 1.82) is 0 Å². The summed E-state index contributed by atoms with van der Waals surface area (Å²) in [5.41, 5.74) is 0. The van der Waals surface area contributed by atoms with Crippen molar-refractivity contribution < 1.29 is 0 Å². The van der Waals surface area contributed by atoms with Crippen LogP contribution in [0.3, 0.4) is 0 Å². The van der Waals surface area contributed by atoms with Crippen molar-refractivity contribution in [1.82, 2.24) is 25.0 Å². The lowest BCUT2D eigenvalue weighted by atomic mass is 10.2. The maximum absolute atomic E-state index is 4.54. The van der Waals surface area contributed by atoms with Gasteiger partial charge in [-0.15, -0.1) is 0 Å². The average molecular weight is 217 g/mol. The smallest absolute Gasteiger partial charge is 0.155 e. The Bertz CT molecular complexity index is 454. The predicted octanol–water partition coefficient (Wildman–Crippen LogP) is 1.68. The van der Waals surface area contributed by atoms with E-state index >= 15 is 0 Å². The molecule has 3 rings (SSSR count). The van der Waals surface area contributed by atoms with Crippen LogP contribution in [0.25, 0.3) is 0 Å². The number of aromatic nitrogens is 5. The monoisotopic (exact) mass is 217 g/mol. The van der Waals surface area contributed by atoms with E-state index in [0.717, 1.165) is 18.2 Å². The van der Waals surface area contributed by atoms with Gasteiger partial charge in [0.2, 0.25) is 0 Å². The van der Waals surface area contributed by atoms with E-state index in [2.05, 4.69) is 27.2 Å². The number of rotatable bonds is 4. The van der Waals surface area contributed by atoms with Gasteiger partial charge in [0.1, 0.15) is 5.82 Å². The number of nitrogens with zero attached hydrogens (tertiary/aromatic N) is 4. The van der Waals surface area contributed by atoms with Gasteiger partial charge in [-0.25, -0.2) is 4.98 Å². The summed E-state index contributed by atoms with van der Waals surface area (Å²) >= 11 is 0. The van der Waals surface area contributed by atoms with E-state index < -0.39 is 0 Å². The minimum atomic E-state index is 0.295. The van der Waals surface area contributed by atoms with E-state index in [-0.39, 0.29) is 0 Å². The Kier molecular flexibility index (Phi) is 2.23. The lowest BCUT2D eigenvalue weighted by Crippen LogP contribution is -2.08. The topological polar surface area (TPSA) is 59.4 Å². The Hall–Kier alpha value is -1.65. The zero-order valence-electron chi connectivity index (χ0n) is 9.30. The van der Waals surface area contributed by atoms with Crippen LogP contribution in [0.4, 0.5) is 0 Å². The van der Waals surface area contributed by atoms with Crippen molar-refractivity contribution >= 4 is 0 Å². The van der Waals surface area contributed by atoms with Crippen molar-refractivity contribution in [3.63, 3.8) is 0 Å². The molecule has 0 aromatic carbocycles. The first kappa shape index (κ1) is 9.57. The molecule has 5 heteroatoms. The van der Waals surface area contributed by atoms with Crippen LogP contribution in [0, 0.1) is 0 Å². The summed E-state index contributed by atoms with van der Waals surface area (Å²) < 4.78 is 1.91. The Balaban J connectivity index is 1.70. The van der Waals surface area contributed by atoms with Crippen molar-refractivity contribution in [2.75, 3.05) is 0 Å². The van der Waals surface area contributed by atoms with Crippen LogP contribution in [0.5, 0.6) is 0 Å². The number of hydrogen-bond donors (Lipinski definition) is 1. The summed E-state index contributed by atoms with van der Waals surface area (Å²) in [4.78, 5) is 4.54. The summed E-state index contributed by atoms with van der Waals surface area (Å²) in [6.07, 6.45) is 6.26. The number of hydrogen-bond acceptors (Lipinski definition) is 3. The van der Waals surface area contributed by atoms with Gasteiger partial charge < -0.3 is 0 Å². The molecule has 1 saturated carbocycles. The number of aromatic amines is 1. The highest BCUT2D eigenvalue weighted by Crippen LogP contribution is 2.38. The molecule has 1 aliphatic carbocycles. The predicted molar refractivity (Wildman–Crippen MR) is 59.0 cm³/mol. The molecule has 1 atom stereocenters. The highest BCUT2D eigenvalue weighted by atomic mass is 15.3. The minimum absolute atomic E-state index is 0.295. The Morgan fingerprint density at radius 3 is 3.12 bits per heavy atom. The van der Waals surface area contributed by atoms with E-state index in [9.17, 15) is 0 Å². The minimum Gasteiger partial charge on any atom is -0.272 e. The van der Waals surface area contributed by atoms with Gasteiger partial charge >= 0.3 is 0 Å². The normalized spacial score (nSPS) is 17.6. The summed E-state index contributed by atoms with van der Waals surface area (Å²) in [7, 11) is 0. The Labute approximate surface area is 93.9 Å². The Morgan fingerprint density at radius 2 is 2.44 bits per heavy atom. The Morgan fingerprint density at radius 1 is 1.56 bits per heavy atom. The average Bonchev–Trinajstić information content (AvgIpc) is 2.82. The maximum atomic E-state index is 4.54. The van der Waals surface area contributed by atoms with Gasteiger partial charge in [-0.1, -0.05) is 6.92 Å². The molecule has 0 aliphatic heterocycles. The quantitative estimate of drug-likeness (QED) is 0.847. The largest absolute Gasteiger partial charge is 0.272 e. The highest BCUT2D eigenvalue weighted by Gasteiger charge is 2.27.